The van der Waals surface area contributed by atoms with Crippen LogP contribution in [0.15, 0.2) is 35.9 Å². The standard InChI is InChI=1S/C19H24FN3O4S2/c20-15-4-2-1-3-13(15)10-23-7-5-17(14(11-23)6-8-24)29-28-12-16(21)19(27)22-9-18(25)26/h1-4,6,8,16-17H,5,7,9-12,21H2,(H,22,27)(H,25,26)/b14-6-. The fourth-order valence-electron chi connectivity index (χ4n) is 2.85. The summed E-state index contributed by atoms with van der Waals surface area (Å²) in [7, 11) is 2.96. The first kappa shape index (κ1) is 23.4. The van der Waals surface area contributed by atoms with Crippen LogP contribution in [-0.2, 0) is 20.9 Å². The molecule has 0 bridgehead atoms. The lowest BCUT2D eigenvalue weighted by molar-refractivity contribution is -0.138. The van der Waals surface area contributed by atoms with Crippen molar-refractivity contribution in [1.82, 2.24) is 10.2 Å². The van der Waals surface area contributed by atoms with Crippen LogP contribution in [0.4, 0.5) is 4.39 Å². The number of halogens is 1. The molecule has 1 aliphatic rings. The number of nitrogens with two attached hydrogens (primary N) is 1. The van der Waals surface area contributed by atoms with Crippen molar-refractivity contribution in [3.63, 3.8) is 0 Å². The number of benzene rings is 1. The number of nitrogens with one attached hydrogen (secondary N) is 1. The van der Waals surface area contributed by atoms with Crippen molar-refractivity contribution in [3.8, 4) is 0 Å². The molecule has 1 heterocycles. The van der Waals surface area contributed by atoms with Crippen LogP contribution in [0.3, 0.4) is 0 Å². The van der Waals surface area contributed by atoms with Gasteiger partial charge in [0, 0.05) is 36.2 Å². The van der Waals surface area contributed by atoms with Gasteiger partial charge in [-0.05, 0) is 24.1 Å². The lowest BCUT2D eigenvalue weighted by Crippen LogP contribution is -2.44. The zero-order valence-corrected chi connectivity index (χ0v) is 17.4. The lowest BCUT2D eigenvalue weighted by Gasteiger charge is -2.33. The molecule has 2 unspecified atom stereocenters. The summed E-state index contributed by atoms with van der Waals surface area (Å²) < 4.78 is 13.9. The number of piperidine rings is 1. The van der Waals surface area contributed by atoms with Crippen LogP contribution in [0.2, 0.25) is 0 Å². The molecule has 0 radical (unpaired) electrons. The van der Waals surface area contributed by atoms with E-state index in [2.05, 4.69) is 10.2 Å². The number of rotatable bonds is 10. The molecule has 1 aromatic rings. The van der Waals surface area contributed by atoms with Crippen LogP contribution in [0, 0.1) is 5.82 Å². The van der Waals surface area contributed by atoms with Gasteiger partial charge < -0.3 is 16.2 Å². The monoisotopic (exact) mass is 441 g/mol. The van der Waals surface area contributed by atoms with Crippen LogP contribution in [0.1, 0.15) is 12.0 Å². The Hall–Kier alpha value is -1.88. The molecule has 0 saturated carbocycles. The number of likely N-dealkylation sites (tertiary alicyclic amines) is 1. The second kappa shape index (κ2) is 12.0. The number of aliphatic carboxylic acids is 1. The van der Waals surface area contributed by atoms with Crippen molar-refractivity contribution < 1.29 is 23.9 Å². The molecule has 1 saturated heterocycles. The minimum absolute atomic E-state index is 0.0938. The molecule has 0 spiro atoms. The molecule has 0 aliphatic carbocycles. The highest BCUT2D eigenvalue weighted by Crippen LogP contribution is 2.36. The van der Waals surface area contributed by atoms with Crippen LogP contribution >= 0.6 is 21.6 Å². The van der Waals surface area contributed by atoms with Gasteiger partial charge in [-0.3, -0.25) is 19.3 Å². The SMILES string of the molecule is NC(CSSC1CCN(Cc2ccccc2F)C/C1=C/C=O)C(=O)NCC(=O)O. The average Bonchev–Trinajstić information content (AvgIpc) is 2.69. The van der Waals surface area contributed by atoms with E-state index in [-0.39, 0.29) is 11.1 Å². The van der Waals surface area contributed by atoms with E-state index in [4.69, 9.17) is 10.8 Å². The number of aldehydes is 1. The number of hydrogen-bond donors (Lipinski definition) is 3. The van der Waals surface area contributed by atoms with Gasteiger partial charge >= 0.3 is 5.97 Å². The maximum absolute atomic E-state index is 13.9. The fraction of sp³-hybridized carbons (Fsp3) is 0.421. The number of allylic oxidation sites excluding steroid dienone is 1. The van der Waals surface area contributed by atoms with E-state index in [9.17, 15) is 18.8 Å². The van der Waals surface area contributed by atoms with E-state index in [0.29, 0.717) is 24.4 Å². The summed E-state index contributed by atoms with van der Waals surface area (Å²) in [5, 5.41) is 10.9. The summed E-state index contributed by atoms with van der Waals surface area (Å²) in [5.74, 6) is -1.56. The predicted molar refractivity (Wildman–Crippen MR) is 113 cm³/mol. The van der Waals surface area contributed by atoms with E-state index < -0.39 is 24.5 Å². The Kier molecular flexibility index (Phi) is 9.65. The molecule has 1 fully saturated rings. The minimum Gasteiger partial charge on any atom is -0.480 e. The fourth-order valence-corrected chi connectivity index (χ4v) is 5.70. The molecule has 7 nitrogen and oxygen atoms in total. The maximum Gasteiger partial charge on any atom is 0.322 e. The topological polar surface area (TPSA) is 113 Å². The highest BCUT2D eigenvalue weighted by molar-refractivity contribution is 8.77. The first-order valence-corrected chi connectivity index (χ1v) is 11.4. The molecule has 4 N–H and O–H groups in total. The van der Waals surface area contributed by atoms with Gasteiger partial charge in [0.15, 0.2) is 0 Å². The number of hydrogen-bond acceptors (Lipinski definition) is 7. The Morgan fingerprint density at radius 3 is 2.86 bits per heavy atom. The Morgan fingerprint density at radius 1 is 1.41 bits per heavy atom. The summed E-state index contributed by atoms with van der Waals surface area (Å²) in [4.78, 5) is 35.3. The second-order valence-electron chi connectivity index (χ2n) is 6.56. The van der Waals surface area contributed by atoms with Crippen molar-refractivity contribution in [2.75, 3.05) is 25.4 Å². The van der Waals surface area contributed by atoms with Crippen molar-refractivity contribution in [1.29, 1.82) is 0 Å². The van der Waals surface area contributed by atoms with E-state index >= 15 is 0 Å². The number of amides is 1. The molecule has 2 atom stereocenters. The van der Waals surface area contributed by atoms with Crippen LogP contribution < -0.4 is 11.1 Å². The van der Waals surface area contributed by atoms with Gasteiger partial charge in [-0.15, -0.1) is 0 Å². The quantitative estimate of drug-likeness (QED) is 0.284. The van der Waals surface area contributed by atoms with Crippen LogP contribution in [0.25, 0.3) is 0 Å². The summed E-state index contributed by atoms with van der Waals surface area (Å²) in [6, 6.07) is 5.84. The second-order valence-corrected chi connectivity index (χ2v) is 9.17. The van der Waals surface area contributed by atoms with Crippen molar-refractivity contribution >= 4 is 39.8 Å². The number of carboxylic acid groups (broad SMARTS) is 1. The first-order valence-electron chi connectivity index (χ1n) is 9.04. The molecule has 2 rings (SSSR count). The normalized spacial score (nSPS) is 19.7. The van der Waals surface area contributed by atoms with Gasteiger partial charge in [0.2, 0.25) is 5.91 Å². The van der Waals surface area contributed by atoms with Crippen LogP contribution in [-0.4, -0.2) is 64.8 Å². The summed E-state index contributed by atoms with van der Waals surface area (Å²) in [6.07, 6.45) is 3.09. The van der Waals surface area contributed by atoms with E-state index in [0.717, 1.165) is 24.8 Å². The highest BCUT2D eigenvalue weighted by atomic mass is 33.1. The van der Waals surface area contributed by atoms with Crippen molar-refractivity contribution in [3.05, 3.63) is 47.3 Å². The minimum atomic E-state index is -1.13. The maximum atomic E-state index is 13.9. The van der Waals surface area contributed by atoms with E-state index in [1.54, 1.807) is 24.3 Å². The largest absolute Gasteiger partial charge is 0.480 e. The Morgan fingerprint density at radius 2 is 2.17 bits per heavy atom. The zero-order valence-electron chi connectivity index (χ0n) is 15.8. The van der Waals surface area contributed by atoms with Gasteiger partial charge in [0.1, 0.15) is 18.6 Å². The molecular formula is C19H24FN3O4S2. The number of carbonyl (C=O) groups excluding carboxylic acids is 2. The molecule has 0 aromatic heterocycles. The van der Waals surface area contributed by atoms with Crippen molar-refractivity contribution in [2.24, 2.45) is 5.73 Å². The Balaban J connectivity index is 1.83. The first-order chi connectivity index (χ1) is 13.9. The van der Waals surface area contributed by atoms with Gasteiger partial charge in [0.25, 0.3) is 0 Å². The number of carbonyl (C=O) groups is 3. The van der Waals surface area contributed by atoms with E-state index in [1.165, 1.54) is 27.7 Å². The number of carboxylic acids is 1. The molecule has 1 aliphatic heterocycles. The number of nitrogens with zero attached hydrogens (tertiary/aromatic N) is 1. The molecule has 158 valence electrons. The van der Waals surface area contributed by atoms with Gasteiger partial charge in [-0.25, -0.2) is 4.39 Å². The summed E-state index contributed by atoms with van der Waals surface area (Å²) in [5.41, 5.74) is 7.35. The molecule has 10 heteroatoms. The summed E-state index contributed by atoms with van der Waals surface area (Å²) >= 11 is 0. The molecule has 1 amide bonds. The third-order valence-corrected chi connectivity index (χ3v) is 7.26. The summed E-state index contributed by atoms with van der Waals surface area (Å²) in [6.45, 7) is 1.34. The van der Waals surface area contributed by atoms with Gasteiger partial charge in [-0.1, -0.05) is 39.8 Å². The third-order valence-electron chi connectivity index (χ3n) is 4.34. The van der Waals surface area contributed by atoms with Gasteiger partial charge in [-0.2, -0.15) is 0 Å². The Labute approximate surface area is 176 Å². The van der Waals surface area contributed by atoms with E-state index in [1.807, 2.05) is 0 Å². The lowest BCUT2D eigenvalue weighted by atomic mass is 10.0. The van der Waals surface area contributed by atoms with Gasteiger partial charge in [0.05, 0.1) is 6.04 Å². The highest BCUT2D eigenvalue weighted by Gasteiger charge is 2.25. The molecule has 1 aromatic carbocycles. The van der Waals surface area contributed by atoms with Crippen LogP contribution in [0.5, 0.6) is 0 Å². The average molecular weight is 442 g/mol. The predicted octanol–water partition coefficient (Wildman–Crippen LogP) is 1.43. The van der Waals surface area contributed by atoms with Crippen molar-refractivity contribution in [2.45, 2.75) is 24.3 Å². The molecular weight excluding hydrogens is 417 g/mol. The Bertz CT molecular complexity index is 763. The smallest absolute Gasteiger partial charge is 0.322 e. The third kappa shape index (κ3) is 7.81. The zero-order chi connectivity index (χ0) is 21.2. The molecule has 29 heavy (non-hydrogen) atoms.